The number of halogens is 3. The number of ether oxygens (including phenoxy) is 1. The van der Waals surface area contributed by atoms with Crippen molar-refractivity contribution in [2.45, 2.75) is 6.18 Å². The number of carbonyl (C=O) groups excluding carboxylic acids is 1. The minimum atomic E-state index is -4.47. The van der Waals surface area contributed by atoms with E-state index >= 15 is 0 Å². The fourth-order valence-electron chi connectivity index (χ4n) is 1.84. The molecule has 5 nitrogen and oxygen atoms in total. The highest BCUT2D eigenvalue weighted by Crippen LogP contribution is 2.30. The average molecular weight is 323 g/mol. The quantitative estimate of drug-likeness (QED) is 0.878. The highest BCUT2D eigenvalue weighted by molar-refractivity contribution is 5.95. The van der Waals surface area contributed by atoms with Crippen molar-refractivity contribution in [3.63, 3.8) is 0 Å². The number of alkyl halides is 3. The molecular formula is C15H12F3N3O2. The first-order valence-electron chi connectivity index (χ1n) is 6.39. The molecule has 0 aliphatic carbocycles. The van der Waals surface area contributed by atoms with Gasteiger partial charge in [-0.3, -0.25) is 4.79 Å². The molecule has 0 atom stereocenters. The summed E-state index contributed by atoms with van der Waals surface area (Å²) in [6.07, 6.45) is 1.90. The number of terminal acetylenes is 1. The van der Waals surface area contributed by atoms with Crippen LogP contribution < -0.4 is 10.1 Å². The number of benzene rings is 1. The Morgan fingerprint density at radius 1 is 1.48 bits per heavy atom. The fraction of sp³-hybridized carbons (Fsp3) is 0.200. The zero-order valence-corrected chi connectivity index (χ0v) is 12.0. The van der Waals surface area contributed by atoms with Gasteiger partial charge in [0.05, 0.1) is 31.1 Å². The predicted molar refractivity (Wildman–Crippen MR) is 76.3 cm³/mol. The molecule has 0 saturated heterocycles. The summed E-state index contributed by atoms with van der Waals surface area (Å²) in [5.41, 5.74) is -0.739. The lowest BCUT2D eigenvalue weighted by Gasteiger charge is -2.08. The van der Waals surface area contributed by atoms with E-state index in [0.717, 1.165) is 16.8 Å². The van der Waals surface area contributed by atoms with Gasteiger partial charge in [-0.2, -0.15) is 18.3 Å². The van der Waals surface area contributed by atoms with Crippen molar-refractivity contribution in [2.24, 2.45) is 0 Å². The summed E-state index contributed by atoms with van der Waals surface area (Å²) < 4.78 is 44.5. The van der Waals surface area contributed by atoms with Crippen LogP contribution in [-0.2, 0) is 6.18 Å². The van der Waals surface area contributed by atoms with Gasteiger partial charge in [-0.15, -0.1) is 6.42 Å². The smallest absolute Gasteiger partial charge is 0.416 e. The Bertz CT molecular complexity index is 760. The highest BCUT2D eigenvalue weighted by Gasteiger charge is 2.30. The summed E-state index contributed by atoms with van der Waals surface area (Å²) in [5, 5.41) is 6.38. The number of rotatable bonds is 4. The van der Waals surface area contributed by atoms with Gasteiger partial charge in [-0.25, -0.2) is 4.68 Å². The lowest BCUT2D eigenvalue weighted by Crippen LogP contribution is -2.24. The lowest BCUT2D eigenvalue weighted by molar-refractivity contribution is -0.137. The van der Waals surface area contributed by atoms with Gasteiger partial charge in [0.15, 0.2) is 11.4 Å². The van der Waals surface area contributed by atoms with Crippen LogP contribution in [0.2, 0.25) is 0 Å². The first-order chi connectivity index (χ1) is 10.9. The standard InChI is InChI=1S/C15H12F3N3O2/c1-3-7-19-14(22)13-12(23-2)9-21(20-13)11-6-4-5-10(8-11)15(16,17)18/h1,4-6,8-9H,7H2,2H3,(H,19,22). The average Bonchev–Trinajstić information content (AvgIpc) is 2.96. The second-order valence-corrected chi connectivity index (χ2v) is 4.43. The fourth-order valence-corrected chi connectivity index (χ4v) is 1.84. The summed E-state index contributed by atoms with van der Waals surface area (Å²) in [4.78, 5) is 11.9. The molecule has 0 spiro atoms. The minimum absolute atomic E-state index is 0.00158. The lowest BCUT2D eigenvalue weighted by atomic mass is 10.2. The van der Waals surface area contributed by atoms with Crippen LogP contribution in [0.5, 0.6) is 5.75 Å². The third kappa shape index (κ3) is 3.63. The molecule has 0 aliphatic heterocycles. The van der Waals surface area contributed by atoms with Gasteiger partial charge < -0.3 is 10.1 Å². The van der Waals surface area contributed by atoms with E-state index in [4.69, 9.17) is 11.2 Å². The van der Waals surface area contributed by atoms with Gasteiger partial charge in [0, 0.05) is 0 Å². The van der Waals surface area contributed by atoms with E-state index in [0.29, 0.717) is 0 Å². The molecule has 1 aromatic heterocycles. The molecule has 0 unspecified atom stereocenters. The third-order valence-corrected chi connectivity index (χ3v) is 2.90. The molecule has 0 radical (unpaired) electrons. The second kappa shape index (κ2) is 6.44. The van der Waals surface area contributed by atoms with E-state index in [1.807, 2.05) is 0 Å². The Balaban J connectivity index is 2.40. The minimum Gasteiger partial charge on any atom is -0.493 e. The maximum atomic E-state index is 12.8. The number of amides is 1. The van der Waals surface area contributed by atoms with Crippen LogP contribution in [0.25, 0.3) is 5.69 Å². The van der Waals surface area contributed by atoms with E-state index in [1.54, 1.807) is 0 Å². The van der Waals surface area contributed by atoms with Gasteiger partial charge in [-0.05, 0) is 18.2 Å². The molecule has 23 heavy (non-hydrogen) atoms. The number of hydrogen-bond acceptors (Lipinski definition) is 3. The van der Waals surface area contributed by atoms with Crippen LogP contribution in [0, 0.1) is 12.3 Å². The molecule has 0 bridgehead atoms. The van der Waals surface area contributed by atoms with E-state index in [2.05, 4.69) is 16.3 Å². The van der Waals surface area contributed by atoms with E-state index in [9.17, 15) is 18.0 Å². The number of nitrogens with zero attached hydrogens (tertiary/aromatic N) is 2. The Labute approximate surface area is 130 Å². The zero-order valence-electron chi connectivity index (χ0n) is 12.0. The molecule has 1 amide bonds. The number of carbonyl (C=O) groups is 1. The van der Waals surface area contributed by atoms with Gasteiger partial charge in [-0.1, -0.05) is 12.0 Å². The first kappa shape index (κ1) is 16.4. The molecule has 1 aromatic carbocycles. The summed E-state index contributed by atoms with van der Waals surface area (Å²) in [6.45, 7) is -0.00158. The topological polar surface area (TPSA) is 56.2 Å². The Morgan fingerprint density at radius 3 is 2.83 bits per heavy atom. The highest BCUT2D eigenvalue weighted by atomic mass is 19.4. The third-order valence-electron chi connectivity index (χ3n) is 2.90. The van der Waals surface area contributed by atoms with E-state index in [1.165, 1.54) is 25.4 Å². The summed E-state index contributed by atoms with van der Waals surface area (Å²) in [5.74, 6) is 1.78. The number of methoxy groups -OCH3 is 1. The van der Waals surface area contributed by atoms with Gasteiger partial charge in [0.25, 0.3) is 5.91 Å². The van der Waals surface area contributed by atoms with Crippen LogP contribution in [0.3, 0.4) is 0 Å². The number of hydrogen-bond donors (Lipinski definition) is 1. The van der Waals surface area contributed by atoms with Crippen molar-refractivity contribution in [1.82, 2.24) is 15.1 Å². The maximum Gasteiger partial charge on any atom is 0.416 e. The van der Waals surface area contributed by atoms with Crippen LogP contribution in [-0.4, -0.2) is 29.3 Å². The van der Waals surface area contributed by atoms with E-state index < -0.39 is 17.6 Å². The zero-order chi connectivity index (χ0) is 17.0. The Hall–Kier alpha value is -2.95. The number of aromatic nitrogens is 2. The SMILES string of the molecule is C#CCNC(=O)c1nn(-c2cccc(C(F)(F)F)c2)cc1OC. The number of nitrogens with one attached hydrogen (secondary N) is 1. The molecule has 1 heterocycles. The largest absolute Gasteiger partial charge is 0.493 e. The molecule has 1 N–H and O–H groups in total. The van der Waals surface area contributed by atoms with Crippen molar-refractivity contribution in [3.05, 3.63) is 41.7 Å². The van der Waals surface area contributed by atoms with Gasteiger partial charge in [0.1, 0.15) is 0 Å². The van der Waals surface area contributed by atoms with Crippen LogP contribution in [0.15, 0.2) is 30.5 Å². The van der Waals surface area contributed by atoms with Gasteiger partial charge in [0.2, 0.25) is 0 Å². The molecule has 120 valence electrons. The molecule has 0 fully saturated rings. The normalized spacial score (nSPS) is 10.9. The second-order valence-electron chi connectivity index (χ2n) is 4.43. The van der Waals surface area contributed by atoms with Crippen molar-refractivity contribution >= 4 is 5.91 Å². The monoisotopic (exact) mass is 323 g/mol. The molecule has 8 heteroatoms. The Morgan fingerprint density at radius 2 is 2.22 bits per heavy atom. The van der Waals surface area contributed by atoms with Crippen LogP contribution in [0.1, 0.15) is 16.1 Å². The van der Waals surface area contributed by atoms with Crippen molar-refractivity contribution in [2.75, 3.05) is 13.7 Å². The molecule has 2 rings (SSSR count). The molecular weight excluding hydrogens is 311 g/mol. The molecule has 0 aliphatic rings. The summed E-state index contributed by atoms with van der Waals surface area (Å²) in [6, 6.07) is 4.57. The van der Waals surface area contributed by atoms with Crippen molar-refractivity contribution in [1.29, 1.82) is 0 Å². The Kier molecular flexibility index (Phi) is 4.60. The predicted octanol–water partition coefficient (Wildman–Crippen LogP) is 2.26. The van der Waals surface area contributed by atoms with Gasteiger partial charge >= 0.3 is 6.18 Å². The maximum absolute atomic E-state index is 12.8. The van der Waals surface area contributed by atoms with Crippen LogP contribution >= 0.6 is 0 Å². The van der Waals surface area contributed by atoms with E-state index in [-0.39, 0.29) is 23.7 Å². The van der Waals surface area contributed by atoms with Crippen LogP contribution in [0.4, 0.5) is 13.2 Å². The van der Waals surface area contributed by atoms with Crippen molar-refractivity contribution < 1.29 is 22.7 Å². The molecule has 2 aromatic rings. The summed E-state index contributed by atoms with van der Waals surface area (Å²) >= 11 is 0. The van der Waals surface area contributed by atoms with Crippen molar-refractivity contribution in [3.8, 4) is 23.8 Å². The summed E-state index contributed by atoms with van der Waals surface area (Å²) in [7, 11) is 1.32. The molecule has 0 saturated carbocycles. The first-order valence-corrected chi connectivity index (χ1v) is 6.39.